The van der Waals surface area contributed by atoms with E-state index in [9.17, 15) is 8.78 Å². The molecule has 0 fully saturated rings. The van der Waals surface area contributed by atoms with Crippen molar-refractivity contribution in [3.05, 3.63) is 90.8 Å². The van der Waals surface area contributed by atoms with Gasteiger partial charge in [-0.2, -0.15) is 0 Å². The molecule has 0 saturated carbocycles. The van der Waals surface area contributed by atoms with Gasteiger partial charge in [0.1, 0.15) is 11.4 Å². The van der Waals surface area contributed by atoms with Crippen LogP contribution >= 0.6 is 0 Å². The maximum atomic E-state index is 13.8. The van der Waals surface area contributed by atoms with E-state index in [0.717, 1.165) is 23.1 Å². The van der Waals surface area contributed by atoms with Crippen molar-refractivity contribution in [3.63, 3.8) is 0 Å². The van der Waals surface area contributed by atoms with Gasteiger partial charge in [-0.15, -0.1) is 0 Å². The van der Waals surface area contributed by atoms with E-state index in [2.05, 4.69) is 15.0 Å². The van der Waals surface area contributed by atoms with E-state index in [4.69, 9.17) is 4.74 Å². The first-order valence-corrected chi connectivity index (χ1v) is 8.92. The molecule has 0 bridgehead atoms. The second-order valence-corrected chi connectivity index (χ2v) is 6.45. The Kier molecular flexibility index (Phi) is 4.09. The van der Waals surface area contributed by atoms with Crippen LogP contribution in [0.1, 0.15) is 0 Å². The van der Waals surface area contributed by atoms with Gasteiger partial charge in [-0.1, -0.05) is 30.3 Å². The molecule has 0 aliphatic heterocycles. The van der Waals surface area contributed by atoms with E-state index in [0.29, 0.717) is 33.7 Å². The van der Waals surface area contributed by atoms with Crippen molar-refractivity contribution in [1.29, 1.82) is 0 Å². The zero-order valence-electron chi connectivity index (χ0n) is 15.0. The molecule has 2 aromatic carbocycles. The standard InChI is InChI=1S/C23H13F2N3O/c24-17-12-16-19(13-18(17)25)26-10-8-20(16)29-21-11-15-7-4-9-27-23(15)28-22(21)14-5-2-1-3-6-14/h1-13H. The molecule has 0 N–H and O–H groups in total. The number of aromatic nitrogens is 3. The highest BCUT2D eigenvalue weighted by atomic mass is 19.2. The van der Waals surface area contributed by atoms with Gasteiger partial charge in [0, 0.05) is 34.8 Å². The van der Waals surface area contributed by atoms with Crippen LogP contribution in [0.25, 0.3) is 33.2 Å². The highest BCUT2D eigenvalue weighted by Gasteiger charge is 2.15. The summed E-state index contributed by atoms with van der Waals surface area (Å²) in [6.07, 6.45) is 3.17. The minimum Gasteiger partial charge on any atom is -0.454 e. The Labute approximate surface area is 164 Å². The smallest absolute Gasteiger partial charge is 0.161 e. The number of pyridine rings is 3. The van der Waals surface area contributed by atoms with Crippen LogP contribution in [0, 0.1) is 11.6 Å². The molecule has 0 unspecified atom stereocenters. The number of benzene rings is 2. The lowest BCUT2D eigenvalue weighted by Gasteiger charge is -2.13. The van der Waals surface area contributed by atoms with E-state index in [1.165, 1.54) is 6.20 Å². The molecule has 6 heteroatoms. The van der Waals surface area contributed by atoms with Crippen LogP contribution < -0.4 is 4.74 Å². The highest BCUT2D eigenvalue weighted by molar-refractivity contribution is 5.87. The summed E-state index contributed by atoms with van der Waals surface area (Å²) in [5.74, 6) is -1.07. The summed E-state index contributed by atoms with van der Waals surface area (Å²) < 4.78 is 33.6. The minimum absolute atomic E-state index is 0.304. The van der Waals surface area contributed by atoms with Crippen LogP contribution in [0.4, 0.5) is 8.78 Å². The first kappa shape index (κ1) is 17.2. The van der Waals surface area contributed by atoms with Crippen LogP contribution in [-0.4, -0.2) is 15.0 Å². The quantitative estimate of drug-likeness (QED) is 0.387. The van der Waals surface area contributed by atoms with Gasteiger partial charge in [-0.05, 0) is 30.3 Å². The molecule has 5 aromatic rings. The average Bonchev–Trinajstić information content (AvgIpc) is 2.75. The first-order valence-electron chi connectivity index (χ1n) is 8.92. The third-order valence-corrected chi connectivity index (χ3v) is 4.57. The fourth-order valence-corrected chi connectivity index (χ4v) is 3.19. The summed E-state index contributed by atoms with van der Waals surface area (Å²) in [6.45, 7) is 0. The zero-order valence-corrected chi connectivity index (χ0v) is 15.0. The number of nitrogens with zero attached hydrogens (tertiary/aromatic N) is 3. The SMILES string of the molecule is Fc1cc2nccc(Oc3cc4cccnc4nc3-c3ccccc3)c2cc1F. The number of halogens is 2. The van der Waals surface area contributed by atoms with Gasteiger partial charge >= 0.3 is 0 Å². The molecule has 3 aromatic heterocycles. The Hall–Kier alpha value is -3.93. The molecule has 0 aliphatic rings. The molecular weight excluding hydrogens is 372 g/mol. The molecule has 3 heterocycles. The van der Waals surface area contributed by atoms with Gasteiger partial charge in [-0.25, -0.2) is 18.7 Å². The summed E-state index contributed by atoms with van der Waals surface area (Å²) in [5, 5.41) is 1.18. The fourth-order valence-electron chi connectivity index (χ4n) is 3.19. The van der Waals surface area contributed by atoms with Crippen LogP contribution in [0.2, 0.25) is 0 Å². The van der Waals surface area contributed by atoms with E-state index in [1.54, 1.807) is 12.3 Å². The Morgan fingerprint density at radius 2 is 1.55 bits per heavy atom. The number of hydrogen-bond acceptors (Lipinski definition) is 4. The van der Waals surface area contributed by atoms with Crippen molar-refractivity contribution in [2.24, 2.45) is 0 Å². The molecule has 4 nitrogen and oxygen atoms in total. The van der Waals surface area contributed by atoms with Crippen LogP contribution in [0.5, 0.6) is 11.5 Å². The van der Waals surface area contributed by atoms with Crippen molar-refractivity contribution in [2.75, 3.05) is 0 Å². The Balaban J connectivity index is 1.71. The predicted octanol–water partition coefficient (Wildman–Crippen LogP) is 5.92. The maximum absolute atomic E-state index is 13.8. The molecule has 0 saturated heterocycles. The fraction of sp³-hybridized carbons (Fsp3) is 0. The zero-order chi connectivity index (χ0) is 19.8. The van der Waals surface area contributed by atoms with E-state index in [-0.39, 0.29) is 0 Å². The third kappa shape index (κ3) is 3.14. The van der Waals surface area contributed by atoms with Crippen molar-refractivity contribution in [2.45, 2.75) is 0 Å². The van der Waals surface area contributed by atoms with E-state index < -0.39 is 11.6 Å². The van der Waals surface area contributed by atoms with Gasteiger partial charge in [0.2, 0.25) is 0 Å². The molecule has 5 rings (SSSR count). The summed E-state index contributed by atoms with van der Waals surface area (Å²) in [4.78, 5) is 13.1. The number of hydrogen-bond donors (Lipinski definition) is 0. The Morgan fingerprint density at radius 1 is 0.724 bits per heavy atom. The molecule has 0 amide bonds. The largest absolute Gasteiger partial charge is 0.454 e. The minimum atomic E-state index is -0.959. The van der Waals surface area contributed by atoms with E-state index in [1.807, 2.05) is 48.5 Å². The van der Waals surface area contributed by atoms with Gasteiger partial charge < -0.3 is 4.74 Å². The van der Waals surface area contributed by atoms with Gasteiger partial charge in [-0.3, -0.25) is 4.98 Å². The highest BCUT2D eigenvalue weighted by Crippen LogP contribution is 2.36. The molecule has 29 heavy (non-hydrogen) atoms. The lowest BCUT2D eigenvalue weighted by atomic mass is 10.1. The topological polar surface area (TPSA) is 47.9 Å². The second kappa shape index (κ2) is 6.91. The van der Waals surface area contributed by atoms with Crippen LogP contribution in [0.15, 0.2) is 79.1 Å². The molecule has 0 atom stereocenters. The monoisotopic (exact) mass is 385 g/mol. The van der Waals surface area contributed by atoms with Crippen molar-refractivity contribution >= 4 is 21.9 Å². The van der Waals surface area contributed by atoms with Gasteiger partial charge in [0.25, 0.3) is 0 Å². The Bertz CT molecular complexity index is 1360. The lowest BCUT2D eigenvalue weighted by Crippen LogP contribution is -1.96. The maximum Gasteiger partial charge on any atom is 0.161 e. The predicted molar refractivity (Wildman–Crippen MR) is 107 cm³/mol. The number of rotatable bonds is 3. The second-order valence-electron chi connectivity index (χ2n) is 6.45. The third-order valence-electron chi connectivity index (χ3n) is 4.57. The molecule has 0 radical (unpaired) electrons. The summed E-state index contributed by atoms with van der Waals surface area (Å²) in [6, 6.07) is 18.9. The number of fused-ring (bicyclic) bond motifs is 2. The molecular formula is C23H13F2N3O. The molecule has 0 spiro atoms. The lowest BCUT2D eigenvalue weighted by molar-refractivity contribution is 0.486. The number of ether oxygens (including phenoxy) is 1. The first-order chi connectivity index (χ1) is 14.2. The van der Waals surface area contributed by atoms with Crippen molar-refractivity contribution in [3.8, 4) is 22.8 Å². The van der Waals surface area contributed by atoms with Crippen LogP contribution in [0.3, 0.4) is 0 Å². The molecule has 0 aliphatic carbocycles. The summed E-state index contributed by atoms with van der Waals surface area (Å²) in [5.41, 5.74) is 2.35. The van der Waals surface area contributed by atoms with Crippen molar-refractivity contribution in [1.82, 2.24) is 15.0 Å². The van der Waals surface area contributed by atoms with E-state index >= 15 is 0 Å². The van der Waals surface area contributed by atoms with Crippen LogP contribution in [-0.2, 0) is 0 Å². The van der Waals surface area contributed by atoms with Gasteiger partial charge in [0.15, 0.2) is 23.0 Å². The average molecular weight is 385 g/mol. The summed E-state index contributed by atoms with van der Waals surface area (Å²) in [7, 11) is 0. The summed E-state index contributed by atoms with van der Waals surface area (Å²) >= 11 is 0. The van der Waals surface area contributed by atoms with Gasteiger partial charge in [0.05, 0.1) is 5.52 Å². The van der Waals surface area contributed by atoms with Crippen molar-refractivity contribution < 1.29 is 13.5 Å². The normalized spacial score (nSPS) is 11.1. The molecule has 140 valence electrons. The Morgan fingerprint density at radius 3 is 2.41 bits per heavy atom.